The molecule has 1 atom stereocenters. The summed E-state index contributed by atoms with van der Waals surface area (Å²) in [5, 5.41) is 2.81. The Morgan fingerprint density at radius 2 is 1.84 bits per heavy atom. The molecule has 2 fully saturated rings. The Labute approximate surface area is 257 Å². The molecule has 1 aromatic carbocycles. The van der Waals surface area contributed by atoms with Crippen LogP contribution in [-0.2, 0) is 4.79 Å². The minimum atomic E-state index is -0.296. The molecule has 44 heavy (non-hydrogen) atoms. The van der Waals surface area contributed by atoms with E-state index in [-0.39, 0.29) is 29.5 Å². The van der Waals surface area contributed by atoms with Crippen LogP contribution in [0.25, 0.3) is 0 Å². The molecular weight excluding hydrogens is 558 g/mol. The number of amides is 2. The molecule has 12 heteroatoms. The van der Waals surface area contributed by atoms with E-state index in [9.17, 15) is 9.59 Å². The molecule has 1 aliphatic heterocycles. The second-order valence-corrected chi connectivity index (χ2v) is 11.3. The summed E-state index contributed by atoms with van der Waals surface area (Å²) in [5.74, 6) is 1.37. The average molecular weight is 598 g/mol. The van der Waals surface area contributed by atoms with E-state index in [4.69, 9.17) is 16.2 Å². The normalized spacial score (nSPS) is 16.9. The van der Waals surface area contributed by atoms with E-state index in [1.807, 2.05) is 31.1 Å². The lowest BCUT2D eigenvalue weighted by Crippen LogP contribution is -2.29. The van der Waals surface area contributed by atoms with Crippen molar-refractivity contribution >= 4 is 35.0 Å². The summed E-state index contributed by atoms with van der Waals surface area (Å²) < 4.78 is 6.11. The van der Waals surface area contributed by atoms with Gasteiger partial charge in [0.15, 0.2) is 0 Å². The van der Waals surface area contributed by atoms with Gasteiger partial charge in [-0.2, -0.15) is 0 Å². The monoisotopic (exact) mass is 597 g/mol. The molecule has 1 unspecified atom stereocenters. The summed E-state index contributed by atoms with van der Waals surface area (Å²) in [5.41, 5.74) is 14.4. The zero-order valence-corrected chi connectivity index (χ0v) is 25.3. The van der Waals surface area contributed by atoms with Crippen molar-refractivity contribution in [3.63, 3.8) is 0 Å². The van der Waals surface area contributed by atoms with Crippen LogP contribution < -0.4 is 26.4 Å². The number of ether oxygens (including phenoxy) is 1. The van der Waals surface area contributed by atoms with Crippen LogP contribution in [0.1, 0.15) is 35.2 Å². The highest BCUT2D eigenvalue weighted by Crippen LogP contribution is 2.29. The Kier molecular flexibility index (Phi) is 9.39. The number of aliphatic imine (C=N–C) groups is 1. The predicted molar refractivity (Wildman–Crippen MR) is 172 cm³/mol. The summed E-state index contributed by atoms with van der Waals surface area (Å²) in [4.78, 5) is 44.5. The summed E-state index contributed by atoms with van der Waals surface area (Å²) in [6, 6.07) is 12.5. The third-order valence-electron chi connectivity index (χ3n) is 7.66. The van der Waals surface area contributed by atoms with Gasteiger partial charge in [0.1, 0.15) is 34.5 Å². The smallest absolute Gasteiger partial charge is 0.256 e. The third-order valence-corrected chi connectivity index (χ3v) is 7.66. The van der Waals surface area contributed by atoms with Gasteiger partial charge < -0.3 is 31.3 Å². The van der Waals surface area contributed by atoms with Crippen molar-refractivity contribution in [3.8, 4) is 11.5 Å². The number of nitrogens with zero attached hydrogens (tertiary/aromatic N) is 6. The number of likely N-dealkylation sites (tertiary alicyclic amines) is 1. The van der Waals surface area contributed by atoms with Gasteiger partial charge in [-0.25, -0.2) is 9.97 Å². The number of hydrogen-bond donors (Lipinski definition) is 3. The van der Waals surface area contributed by atoms with Crippen LogP contribution in [0, 0.1) is 0 Å². The largest absolute Gasteiger partial charge is 0.456 e. The fourth-order valence-electron chi connectivity index (χ4n) is 4.96. The van der Waals surface area contributed by atoms with Crippen molar-refractivity contribution in [2.75, 3.05) is 56.7 Å². The number of nitrogen functional groups attached to an aromatic ring is 1. The van der Waals surface area contributed by atoms with Crippen LogP contribution in [0.15, 0.2) is 72.0 Å². The molecule has 0 radical (unpaired) electrons. The Bertz CT molecular complexity index is 1550. The van der Waals surface area contributed by atoms with Gasteiger partial charge in [-0.1, -0.05) is 6.08 Å². The van der Waals surface area contributed by atoms with Crippen LogP contribution in [0.3, 0.4) is 0 Å². The van der Waals surface area contributed by atoms with E-state index >= 15 is 0 Å². The van der Waals surface area contributed by atoms with Crippen LogP contribution in [-0.4, -0.2) is 90.3 Å². The van der Waals surface area contributed by atoms with Gasteiger partial charge in [0, 0.05) is 81.6 Å². The van der Waals surface area contributed by atoms with Crippen molar-refractivity contribution in [2.45, 2.75) is 31.3 Å². The predicted octanol–water partition coefficient (Wildman–Crippen LogP) is 3.13. The van der Waals surface area contributed by atoms with Gasteiger partial charge in [0.05, 0.1) is 6.04 Å². The molecule has 0 bridgehead atoms. The van der Waals surface area contributed by atoms with Gasteiger partial charge in [-0.15, -0.1) is 0 Å². The molecule has 2 aromatic heterocycles. The zero-order valence-electron chi connectivity index (χ0n) is 25.3. The Balaban J connectivity index is 1.21. The molecular formula is C32H39N9O3. The SMILES string of the molecule is CN(C)c1ccnc(NC(=O)c2ccc(Oc3ccnc(N)c3C(N)=NC3CCN(C(=O)/C=C/CN(C)C4CC4)C3)cc2)c1. The number of pyridine rings is 2. The number of amidine groups is 1. The lowest BCUT2D eigenvalue weighted by Gasteiger charge is -2.15. The molecule has 3 aromatic rings. The first kappa shape index (κ1) is 30.5. The minimum Gasteiger partial charge on any atom is -0.456 e. The lowest BCUT2D eigenvalue weighted by molar-refractivity contribution is -0.125. The molecule has 5 N–H and O–H groups in total. The Hall–Kier alpha value is -4.97. The molecule has 1 aliphatic carbocycles. The number of likely N-dealkylation sites (N-methyl/N-ethyl adjacent to an activating group) is 1. The van der Waals surface area contributed by atoms with E-state index in [0.29, 0.717) is 54.0 Å². The van der Waals surface area contributed by atoms with Gasteiger partial charge in [0.2, 0.25) is 5.91 Å². The number of carbonyl (C=O) groups is 2. The minimum absolute atomic E-state index is 0.0224. The summed E-state index contributed by atoms with van der Waals surface area (Å²) in [6.07, 6.45) is 9.90. The van der Waals surface area contributed by atoms with Crippen LogP contribution >= 0.6 is 0 Å². The molecule has 5 rings (SSSR count). The second-order valence-electron chi connectivity index (χ2n) is 11.3. The van der Waals surface area contributed by atoms with Crippen LogP contribution in [0.5, 0.6) is 11.5 Å². The zero-order chi connectivity index (χ0) is 31.2. The molecule has 12 nitrogen and oxygen atoms in total. The average Bonchev–Trinajstić information content (AvgIpc) is 3.76. The van der Waals surface area contributed by atoms with Crippen molar-refractivity contribution in [2.24, 2.45) is 10.7 Å². The molecule has 230 valence electrons. The van der Waals surface area contributed by atoms with Gasteiger partial charge in [-0.3, -0.25) is 19.5 Å². The first-order valence-electron chi connectivity index (χ1n) is 14.6. The maximum atomic E-state index is 12.8. The van der Waals surface area contributed by atoms with Crippen LogP contribution in [0.4, 0.5) is 17.3 Å². The fraction of sp³-hybridized carbons (Fsp3) is 0.344. The second kappa shape index (κ2) is 13.6. The number of anilines is 3. The van der Waals surface area contributed by atoms with E-state index in [1.54, 1.807) is 53.6 Å². The van der Waals surface area contributed by atoms with Gasteiger partial charge in [-0.05, 0) is 56.6 Å². The first-order chi connectivity index (χ1) is 21.2. The summed E-state index contributed by atoms with van der Waals surface area (Å²) in [6.45, 7) is 1.84. The molecule has 2 amide bonds. The quantitative estimate of drug-likeness (QED) is 0.172. The molecule has 1 saturated carbocycles. The van der Waals surface area contributed by atoms with E-state index in [1.165, 1.54) is 19.0 Å². The van der Waals surface area contributed by atoms with Crippen LogP contribution in [0.2, 0.25) is 0 Å². The molecule has 1 saturated heterocycles. The number of nitrogens with one attached hydrogen (secondary N) is 1. The van der Waals surface area contributed by atoms with Crippen molar-refractivity contribution < 1.29 is 14.3 Å². The highest BCUT2D eigenvalue weighted by molar-refractivity contribution is 6.04. The summed E-state index contributed by atoms with van der Waals surface area (Å²) >= 11 is 0. The number of hydrogen-bond acceptors (Lipinski definition) is 9. The Morgan fingerprint density at radius 1 is 1.09 bits per heavy atom. The maximum absolute atomic E-state index is 12.8. The lowest BCUT2D eigenvalue weighted by atomic mass is 10.2. The molecule has 2 aliphatic rings. The number of nitrogens with two attached hydrogens (primary N) is 2. The molecule has 0 spiro atoms. The van der Waals surface area contributed by atoms with Gasteiger partial charge in [0.25, 0.3) is 5.91 Å². The fourth-order valence-corrected chi connectivity index (χ4v) is 4.96. The van der Waals surface area contributed by atoms with E-state index < -0.39 is 0 Å². The highest BCUT2D eigenvalue weighted by atomic mass is 16.5. The summed E-state index contributed by atoms with van der Waals surface area (Å²) in [7, 11) is 5.92. The molecule has 3 heterocycles. The topological polar surface area (TPSA) is 155 Å². The number of carbonyl (C=O) groups excluding carboxylic acids is 2. The van der Waals surface area contributed by atoms with Crippen molar-refractivity contribution in [1.29, 1.82) is 0 Å². The maximum Gasteiger partial charge on any atom is 0.256 e. The number of aromatic nitrogens is 2. The van der Waals surface area contributed by atoms with Crippen molar-refractivity contribution in [3.05, 3.63) is 78.1 Å². The number of rotatable bonds is 11. The third kappa shape index (κ3) is 7.70. The van der Waals surface area contributed by atoms with E-state index in [2.05, 4.69) is 32.2 Å². The van der Waals surface area contributed by atoms with E-state index in [0.717, 1.165) is 12.2 Å². The first-order valence-corrected chi connectivity index (χ1v) is 14.6. The van der Waals surface area contributed by atoms with Gasteiger partial charge >= 0.3 is 0 Å². The Morgan fingerprint density at radius 3 is 2.57 bits per heavy atom. The highest BCUT2D eigenvalue weighted by Gasteiger charge is 2.27. The van der Waals surface area contributed by atoms with Crippen molar-refractivity contribution in [1.82, 2.24) is 19.8 Å². The standard InChI is InChI=1S/C32H39N9O3/c1-39(2)24-12-15-35-27(19-24)38-32(43)21-6-10-25(11-7-21)44-26-13-16-36-30(33)29(26)31(34)37-22-14-18-41(20-22)28(42)5-4-17-40(3)23-8-9-23/h4-7,10-13,15-16,19,22-23H,8-9,14,17-18,20H2,1-3H3,(H2,33,36)(H2,34,37)(H,35,38,43)/b5-4+. The number of benzene rings is 1.